The van der Waals surface area contributed by atoms with Crippen LogP contribution in [0, 0.1) is 5.92 Å². The first-order valence-corrected chi connectivity index (χ1v) is 8.16. The van der Waals surface area contributed by atoms with Crippen molar-refractivity contribution < 1.29 is 22.6 Å². The van der Waals surface area contributed by atoms with Crippen molar-refractivity contribution in [3.63, 3.8) is 0 Å². The summed E-state index contributed by atoms with van der Waals surface area (Å²) in [4.78, 5) is 14.4. The molecule has 0 saturated carbocycles. The SMILES string of the molecule is FC(F)(F)COc1cc(NC2=NCC3(CN4CCC3CC4)O2)ncn1. The minimum absolute atomic E-state index is 0.161. The van der Waals surface area contributed by atoms with Crippen molar-refractivity contribution in [2.45, 2.75) is 24.6 Å². The smallest absolute Gasteiger partial charge is 0.422 e. The normalized spacial score (nSPS) is 30.9. The van der Waals surface area contributed by atoms with Crippen molar-refractivity contribution in [1.82, 2.24) is 14.9 Å². The molecule has 2 bridgehead atoms. The molecule has 4 aliphatic rings. The maximum Gasteiger partial charge on any atom is 0.422 e. The maximum atomic E-state index is 12.2. The summed E-state index contributed by atoms with van der Waals surface area (Å²) in [5, 5.41) is 2.91. The maximum absolute atomic E-state index is 12.2. The Morgan fingerprint density at radius 3 is 2.80 bits per heavy atom. The highest BCUT2D eigenvalue weighted by Gasteiger charge is 2.51. The summed E-state index contributed by atoms with van der Waals surface area (Å²) < 4.78 is 47.4. The van der Waals surface area contributed by atoms with Gasteiger partial charge in [0.05, 0.1) is 6.54 Å². The van der Waals surface area contributed by atoms with Crippen LogP contribution < -0.4 is 10.1 Å². The Balaban J connectivity index is 1.38. The molecule has 5 rings (SSSR count). The largest absolute Gasteiger partial charge is 0.468 e. The minimum Gasteiger partial charge on any atom is -0.468 e. The van der Waals surface area contributed by atoms with Crippen molar-refractivity contribution in [2.24, 2.45) is 10.9 Å². The summed E-state index contributed by atoms with van der Waals surface area (Å²) in [5.41, 5.74) is -0.290. The highest BCUT2D eigenvalue weighted by molar-refractivity contribution is 5.89. The zero-order chi connectivity index (χ0) is 17.5. The van der Waals surface area contributed by atoms with Crippen molar-refractivity contribution >= 4 is 11.8 Å². The molecule has 1 aromatic rings. The number of nitrogens with zero attached hydrogens (tertiary/aromatic N) is 4. The first kappa shape index (κ1) is 16.4. The van der Waals surface area contributed by atoms with Gasteiger partial charge in [-0.2, -0.15) is 13.2 Å². The number of alkyl halides is 3. The van der Waals surface area contributed by atoms with Crippen LogP contribution in [0.4, 0.5) is 19.0 Å². The predicted octanol–water partition coefficient (Wildman–Crippen LogP) is 1.68. The molecule has 1 N–H and O–H groups in total. The number of halogens is 3. The van der Waals surface area contributed by atoms with E-state index in [0.29, 0.717) is 18.5 Å². The van der Waals surface area contributed by atoms with Gasteiger partial charge in [-0.05, 0) is 25.9 Å². The number of ether oxygens (including phenoxy) is 2. The van der Waals surface area contributed by atoms with Gasteiger partial charge in [-0.25, -0.2) is 15.0 Å². The molecular formula is C15H18F3N5O2. The van der Waals surface area contributed by atoms with E-state index in [9.17, 15) is 13.2 Å². The monoisotopic (exact) mass is 357 g/mol. The number of aliphatic imine (C=N–C) groups is 1. The summed E-state index contributed by atoms with van der Waals surface area (Å²) in [6.45, 7) is 2.24. The van der Waals surface area contributed by atoms with E-state index in [2.05, 4.69) is 29.9 Å². The van der Waals surface area contributed by atoms with Gasteiger partial charge < -0.3 is 9.47 Å². The second-order valence-electron chi connectivity index (χ2n) is 6.61. The number of anilines is 1. The van der Waals surface area contributed by atoms with Gasteiger partial charge in [-0.1, -0.05) is 0 Å². The van der Waals surface area contributed by atoms with Gasteiger partial charge in [-0.15, -0.1) is 0 Å². The fourth-order valence-electron chi connectivity index (χ4n) is 3.70. The third-order valence-electron chi connectivity index (χ3n) is 4.87. The van der Waals surface area contributed by atoms with Gasteiger partial charge in [0.1, 0.15) is 17.7 Å². The number of piperidine rings is 3. The number of aromatic nitrogens is 2. The van der Waals surface area contributed by atoms with Crippen LogP contribution in [0.5, 0.6) is 5.88 Å². The van der Waals surface area contributed by atoms with Gasteiger partial charge in [0.2, 0.25) is 5.88 Å². The standard InChI is InChI=1S/C15H18F3N5O2/c16-15(17,18)8-24-12-5-11(20-9-21-12)22-13-19-6-14(25-13)7-23-3-1-10(14)2-4-23/h5,9-10H,1-4,6-8H2,(H,19,20,21,22). The molecule has 0 amide bonds. The highest BCUT2D eigenvalue weighted by Crippen LogP contribution is 2.40. The van der Waals surface area contributed by atoms with E-state index in [0.717, 1.165) is 38.8 Å². The molecule has 4 aliphatic heterocycles. The van der Waals surface area contributed by atoms with E-state index < -0.39 is 12.8 Å². The Morgan fingerprint density at radius 2 is 2.12 bits per heavy atom. The third kappa shape index (κ3) is 3.48. The first-order valence-electron chi connectivity index (χ1n) is 8.16. The Morgan fingerprint density at radius 1 is 1.32 bits per heavy atom. The van der Waals surface area contributed by atoms with Crippen molar-refractivity contribution in [1.29, 1.82) is 0 Å². The topological polar surface area (TPSA) is 71.9 Å². The molecule has 1 aromatic heterocycles. The van der Waals surface area contributed by atoms with Crippen LogP contribution in [0.2, 0.25) is 0 Å². The molecule has 0 aliphatic carbocycles. The van der Waals surface area contributed by atoms with Gasteiger partial charge in [0.15, 0.2) is 6.61 Å². The molecule has 1 atom stereocenters. The van der Waals surface area contributed by atoms with Crippen LogP contribution in [0.3, 0.4) is 0 Å². The number of amidine groups is 1. The lowest BCUT2D eigenvalue weighted by atomic mass is 9.75. The van der Waals surface area contributed by atoms with Crippen LogP contribution >= 0.6 is 0 Å². The fourth-order valence-corrected chi connectivity index (χ4v) is 3.70. The molecule has 0 aromatic carbocycles. The Labute approximate surface area is 142 Å². The minimum atomic E-state index is -4.42. The van der Waals surface area contributed by atoms with Crippen molar-refractivity contribution in [3.8, 4) is 5.88 Å². The van der Waals surface area contributed by atoms with Gasteiger partial charge in [0.25, 0.3) is 6.02 Å². The summed E-state index contributed by atoms with van der Waals surface area (Å²) in [6, 6.07) is 1.63. The number of rotatable bonds is 3. The average molecular weight is 357 g/mol. The molecule has 7 nitrogen and oxygen atoms in total. The molecule has 25 heavy (non-hydrogen) atoms. The van der Waals surface area contributed by atoms with Crippen molar-refractivity contribution in [3.05, 3.63) is 12.4 Å². The van der Waals surface area contributed by atoms with Crippen LogP contribution in [-0.4, -0.2) is 65.5 Å². The number of fused-ring (bicyclic) bond motifs is 2. The van der Waals surface area contributed by atoms with Crippen molar-refractivity contribution in [2.75, 3.05) is 38.1 Å². The summed E-state index contributed by atoms with van der Waals surface area (Å²) in [7, 11) is 0. The number of nitrogens with one attached hydrogen (secondary N) is 1. The average Bonchev–Trinajstić information content (AvgIpc) is 2.96. The first-order chi connectivity index (χ1) is 11.9. The van der Waals surface area contributed by atoms with Crippen LogP contribution in [0.25, 0.3) is 0 Å². The molecule has 1 unspecified atom stereocenters. The zero-order valence-corrected chi connectivity index (χ0v) is 13.4. The van der Waals surface area contributed by atoms with Crippen LogP contribution in [0.15, 0.2) is 17.4 Å². The van der Waals surface area contributed by atoms with E-state index >= 15 is 0 Å². The Hall–Kier alpha value is -2.10. The van der Waals surface area contributed by atoms with E-state index in [1.54, 1.807) is 0 Å². The Bertz CT molecular complexity index is 675. The van der Waals surface area contributed by atoms with E-state index in [1.165, 1.54) is 6.07 Å². The second-order valence-corrected chi connectivity index (χ2v) is 6.61. The molecule has 3 fully saturated rings. The van der Waals surface area contributed by atoms with E-state index in [-0.39, 0.29) is 17.3 Å². The Kier molecular flexibility index (Phi) is 3.94. The molecule has 10 heteroatoms. The summed E-state index contributed by atoms with van der Waals surface area (Å²) in [5.74, 6) is 0.604. The lowest BCUT2D eigenvalue weighted by Crippen LogP contribution is -2.61. The van der Waals surface area contributed by atoms with Crippen LogP contribution in [0.1, 0.15) is 12.8 Å². The third-order valence-corrected chi connectivity index (χ3v) is 4.87. The summed E-state index contributed by atoms with van der Waals surface area (Å²) in [6.07, 6.45) is -1.08. The molecular weight excluding hydrogens is 339 g/mol. The fraction of sp³-hybridized carbons (Fsp3) is 0.667. The summed E-state index contributed by atoms with van der Waals surface area (Å²) >= 11 is 0. The highest BCUT2D eigenvalue weighted by atomic mass is 19.4. The molecule has 0 radical (unpaired) electrons. The van der Waals surface area contributed by atoms with Gasteiger partial charge >= 0.3 is 6.18 Å². The number of hydrogen-bond donors (Lipinski definition) is 1. The lowest BCUT2D eigenvalue weighted by Gasteiger charge is -2.50. The second kappa shape index (κ2) is 6.01. The molecule has 1 spiro atoms. The number of hydrogen-bond acceptors (Lipinski definition) is 7. The quantitative estimate of drug-likeness (QED) is 0.888. The van der Waals surface area contributed by atoms with E-state index in [1.807, 2.05) is 0 Å². The molecule has 136 valence electrons. The zero-order valence-electron chi connectivity index (χ0n) is 13.4. The molecule has 3 saturated heterocycles. The van der Waals surface area contributed by atoms with Crippen LogP contribution in [-0.2, 0) is 4.74 Å². The van der Waals surface area contributed by atoms with Gasteiger partial charge in [-0.3, -0.25) is 10.2 Å². The van der Waals surface area contributed by atoms with Gasteiger partial charge in [0, 0.05) is 18.5 Å². The lowest BCUT2D eigenvalue weighted by molar-refractivity contribution is -0.154. The molecule has 5 heterocycles. The predicted molar refractivity (Wildman–Crippen MR) is 82.5 cm³/mol. The van der Waals surface area contributed by atoms with E-state index in [4.69, 9.17) is 4.74 Å².